The van der Waals surface area contributed by atoms with Crippen molar-refractivity contribution in [3.63, 3.8) is 0 Å². The molecule has 2 unspecified atom stereocenters. The normalized spacial score (nSPS) is 32.2. The van der Waals surface area contributed by atoms with Crippen molar-refractivity contribution < 1.29 is 14.3 Å². The Morgan fingerprint density at radius 3 is 2.66 bits per heavy atom. The zero-order valence-electron chi connectivity index (χ0n) is 17.2. The topological polar surface area (TPSA) is 59.5 Å². The zero-order valence-corrected chi connectivity index (χ0v) is 18.8. The lowest BCUT2D eigenvalue weighted by Crippen LogP contribution is -2.54. The first-order chi connectivity index (χ1) is 13.9. The molecule has 0 aromatic carbocycles. The molecule has 2 atom stereocenters. The van der Waals surface area contributed by atoms with Crippen molar-refractivity contribution in [2.45, 2.75) is 69.2 Å². The van der Waals surface area contributed by atoms with E-state index in [2.05, 4.69) is 20.9 Å². The standard InChI is InChI=1S/C23H31BrN2O3/c1-2-29-21(28)5-7-26(15-17-4-3-6-25-14-17)20(27)13-22-9-18-8-19(10-22)12-23(24,11-18)16-22/h3-4,6,14,18-19H,2,5,7-13,15-16H2,1H3. The minimum absolute atomic E-state index is 0.127. The zero-order chi connectivity index (χ0) is 20.5. The van der Waals surface area contributed by atoms with Crippen LogP contribution in [0.4, 0.5) is 0 Å². The summed E-state index contributed by atoms with van der Waals surface area (Å²) < 4.78 is 5.32. The minimum Gasteiger partial charge on any atom is -0.466 e. The van der Waals surface area contributed by atoms with Crippen molar-refractivity contribution in [2.75, 3.05) is 13.2 Å². The van der Waals surface area contributed by atoms with E-state index in [-0.39, 0.29) is 28.0 Å². The summed E-state index contributed by atoms with van der Waals surface area (Å²) in [6.45, 7) is 3.07. The van der Waals surface area contributed by atoms with Gasteiger partial charge in [-0.2, -0.15) is 0 Å². The van der Waals surface area contributed by atoms with E-state index in [0.29, 0.717) is 26.1 Å². The molecule has 1 aromatic heterocycles. The van der Waals surface area contributed by atoms with E-state index in [1.54, 1.807) is 19.3 Å². The molecular weight excluding hydrogens is 432 g/mol. The van der Waals surface area contributed by atoms with E-state index >= 15 is 0 Å². The van der Waals surface area contributed by atoms with Gasteiger partial charge < -0.3 is 9.64 Å². The van der Waals surface area contributed by atoms with Gasteiger partial charge in [-0.05, 0) is 74.3 Å². The second-order valence-electron chi connectivity index (χ2n) is 9.52. The summed E-state index contributed by atoms with van der Waals surface area (Å²) in [5.41, 5.74) is 1.12. The molecule has 5 nitrogen and oxygen atoms in total. The minimum atomic E-state index is -0.245. The molecule has 1 amide bonds. The number of amides is 1. The number of carbonyl (C=O) groups is 2. The van der Waals surface area contributed by atoms with Gasteiger partial charge in [0.2, 0.25) is 5.91 Å². The molecule has 1 aromatic rings. The summed E-state index contributed by atoms with van der Waals surface area (Å²) >= 11 is 4.05. The molecule has 0 aliphatic heterocycles. The third kappa shape index (κ3) is 4.84. The van der Waals surface area contributed by atoms with Crippen molar-refractivity contribution in [3.05, 3.63) is 30.1 Å². The molecule has 0 spiro atoms. The number of rotatable bonds is 8. The van der Waals surface area contributed by atoms with Gasteiger partial charge in [-0.1, -0.05) is 22.0 Å². The molecule has 29 heavy (non-hydrogen) atoms. The highest BCUT2D eigenvalue weighted by Gasteiger charge is 2.57. The number of pyridine rings is 1. The Morgan fingerprint density at radius 2 is 2.03 bits per heavy atom. The van der Waals surface area contributed by atoms with Crippen LogP contribution in [0.1, 0.15) is 63.9 Å². The molecule has 4 fully saturated rings. The second-order valence-corrected chi connectivity index (χ2v) is 11.2. The predicted octanol–water partition coefficient (Wildman–Crippen LogP) is 4.49. The number of nitrogens with zero attached hydrogens (tertiary/aromatic N) is 2. The number of carbonyl (C=O) groups excluding carboxylic acids is 2. The Balaban J connectivity index is 1.46. The van der Waals surface area contributed by atoms with Crippen LogP contribution in [-0.2, 0) is 20.9 Å². The van der Waals surface area contributed by atoms with Crippen LogP contribution < -0.4 is 0 Å². The van der Waals surface area contributed by atoms with Crippen LogP contribution in [0.2, 0.25) is 0 Å². The fraction of sp³-hybridized carbons (Fsp3) is 0.696. The molecule has 4 saturated carbocycles. The van der Waals surface area contributed by atoms with E-state index in [0.717, 1.165) is 23.8 Å². The molecule has 5 rings (SSSR count). The Labute approximate surface area is 181 Å². The van der Waals surface area contributed by atoms with Gasteiger partial charge in [0.25, 0.3) is 0 Å². The SMILES string of the molecule is CCOC(=O)CCN(Cc1cccnc1)C(=O)CC12CC3CC(CC(Br)(C3)C1)C2. The average molecular weight is 463 g/mol. The summed E-state index contributed by atoms with van der Waals surface area (Å²) in [5, 5.41) is 0. The van der Waals surface area contributed by atoms with Crippen LogP contribution in [0.25, 0.3) is 0 Å². The second kappa shape index (κ2) is 8.37. The molecule has 4 aliphatic carbocycles. The maximum atomic E-state index is 13.4. The lowest BCUT2D eigenvalue weighted by molar-refractivity contribution is -0.145. The van der Waals surface area contributed by atoms with Crippen molar-refractivity contribution in [1.82, 2.24) is 9.88 Å². The van der Waals surface area contributed by atoms with Crippen LogP contribution in [-0.4, -0.2) is 39.2 Å². The number of hydrogen-bond donors (Lipinski definition) is 0. The van der Waals surface area contributed by atoms with Crippen LogP contribution in [0, 0.1) is 17.3 Å². The van der Waals surface area contributed by atoms with Crippen molar-refractivity contribution in [3.8, 4) is 0 Å². The molecular formula is C23H31BrN2O3. The molecule has 0 saturated heterocycles. The number of alkyl halides is 1. The summed E-state index contributed by atoms with van der Waals surface area (Å²) in [4.78, 5) is 31.4. The highest BCUT2D eigenvalue weighted by Crippen LogP contribution is 2.65. The average Bonchev–Trinajstić information content (AvgIpc) is 2.63. The highest BCUT2D eigenvalue weighted by atomic mass is 79.9. The molecule has 6 heteroatoms. The maximum absolute atomic E-state index is 13.4. The first-order valence-electron chi connectivity index (χ1n) is 10.9. The van der Waals surface area contributed by atoms with Gasteiger partial charge in [0.05, 0.1) is 13.0 Å². The largest absolute Gasteiger partial charge is 0.466 e. The monoisotopic (exact) mass is 462 g/mol. The molecule has 158 valence electrons. The van der Waals surface area contributed by atoms with Crippen LogP contribution in [0.3, 0.4) is 0 Å². The van der Waals surface area contributed by atoms with Gasteiger partial charge in [0.15, 0.2) is 0 Å². The fourth-order valence-corrected chi connectivity index (χ4v) is 7.95. The van der Waals surface area contributed by atoms with Gasteiger partial charge >= 0.3 is 5.97 Å². The number of halogens is 1. The number of ether oxygens (including phenoxy) is 1. The van der Waals surface area contributed by atoms with E-state index in [1.807, 2.05) is 17.0 Å². The number of hydrogen-bond acceptors (Lipinski definition) is 4. The Hall–Kier alpha value is -1.43. The molecule has 0 N–H and O–H groups in total. The molecule has 0 radical (unpaired) electrons. The lowest BCUT2D eigenvalue weighted by Gasteiger charge is -2.60. The predicted molar refractivity (Wildman–Crippen MR) is 114 cm³/mol. The third-order valence-corrected chi connectivity index (χ3v) is 7.91. The molecule has 1 heterocycles. The molecule has 4 bridgehead atoms. The quantitative estimate of drug-likeness (QED) is 0.421. The van der Waals surface area contributed by atoms with Gasteiger partial charge in [-0.15, -0.1) is 0 Å². The molecule has 4 aliphatic rings. The van der Waals surface area contributed by atoms with Crippen molar-refractivity contribution in [2.24, 2.45) is 17.3 Å². The van der Waals surface area contributed by atoms with E-state index < -0.39 is 0 Å². The van der Waals surface area contributed by atoms with Crippen LogP contribution in [0.5, 0.6) is 0 Å². The van der Waals surface area contributed by atoms with Gasteiger partial charge in [-0.25, -0.2) is 0 Å². The van der Waals surface area contributed by atoms with Crippen molar-refractivity contribution >= 4 is 27.8 Å². The first-order valence-corrected chi connectivity index (χ1v) is 11.7. The number of esters is 1. The Morgan fingerprint density at radius 1 is 1.28 bits per heavy atom. The first kappa shape index (κ1) is 20.8. The van der Waals surface area contributed by atoms with E-state index in [9.17, 15) is 9.59 Å². The van der Waals surface area contributed by atoms with E-state index in [1.165, 1.54) is 32.1 Å². The van der Waals surface area contributed by atoms with Gasteiger partial charge in [-0.3, -0.25) is 14.6 Å². The number of aromatic nitrogens is 1. The van der Waals surface area contributed by atoms with Crippen molar-refractivity contribution in [1.29, 1.82) is 0 Å². The fourth-order valence-electron chi connectivity index (χ4n) is 6.44. The maximum Gasteiger partial charge on any atom is 0.307 e. The van der Waals surface area contributed by atoms with Crippen LogP contribution >= 0.6 is 15.9 Å². The summed E-state index contributed by atoms with van der Waals surface area (Å²) in [6, 6.07) is 3.87. The summed E-state index contributed by atoms with van der Waals surface area (Å²) in [6.07, 6.45) is 11.7. The summed E-state index contributed by atoms with van der Waals surface area (Å²) in [5.74, 6) is 1.44. The lowest BCUT2D eigenvalue weighted by atomic mass is 9.48. The van der Waals surface area contributed by atoms with E-state index in [4.69, 9.17) is 4.74 Å². The van der Waals surface area contributed by atoms with Crippen LogP contribution in [0.15, 0.2) is 24.5 Å². The third-order valence-electron chi connectivity index (χ3n) is 6.98. The highest BCUT2D eigenvalue weighted by molar-refractivity contribution is 9.10. The Bertz CT molecular complexity index is 740. The summed E-state index contributed by atoms with van der Waals surface area (Å²) in [7, 11) is 0. The van der Waals surface area contributed by atoms with Gasteiger partial charge in [0, 0.05) is 36.2 Å². The Kier molecular flexibility index (Phi) is 6.01. The smallest absolute Gasteiger partial charge is 0.307 e. The van der Waals surface area contributed by atoms with Gasteiger partial charge in [0.1, 0.15) is 0 Å².